The number of nitrogens with one attached hydrogen (secondary N) is 1. The number of hydrazone groups is 1. The number of carbonyl (C=O) groups is 1. The number of benzene rings is 2. The molecular formula is C15H12ClFN2O. The molecule has 1 amide bonds. The molecule has 0 aliphatic rings. The maximum absolute atomic E-state index is 12.8. The second kappa shape index (κ2) is 6.30. The Morgan fingerprint density at radius 3 is 2.45 bits per heavy atom. The van der Waals surface area contributed by atoms with Gasteiger partial charge in [0, 0.05) is 16.1 Å². The van der Waals surface area contributed by atoms with E-state index >= 15 is 0 Å². The van der Waals surface area contributed by atoms with E-state index in [0.717, 1.165) is 5.56 Å². The molecule has 2 aromatic rings. The molecule has 1 N–H and O–H groups in total. The Kier molecular flexibility index (Phi) is 4.48. The van der Waals surface area contributed by atoms with Gasteiger partial charge in [-0.1, -0.05) is 29.8 Å². The van der Waals surface area contributed by atoms with Crippen molar-refractivity contribution in [2.45, 2.75) is 6.92 Å². The summed E-state index contributed by atoms with van der Waals surface area (Å²) in [5.74, 6) is -0.797. The molecule has 0 saturated carbocycles. The second-order valence-corrected chi connectivity index (χ2v) is 4.53. The normalized spacial score (nSPS) is 11.2. The Labute approximate surface area is 121 Å². The molecule has 20 heavy (non-hydrogen) atoms. The Balaban J connectivity index is 2.11. The van der Waals surface area contributed by atoms with Gasteiger partial charge in [0.05, 0.1) is 5.71 Å². The topological polar surface area (TPSA) is 41.5 Å². The number of nitrogens with zero attached hydrogens (tertiary/aromatic N) is 1. The van der Waals surface area contributed by atoms with Crippen LogP contribution in [0.5, 0.6) is 0 Å². The highest BCUT2D eigenvalue weighted by Crippen LogP contribution is 2.15. The summed E-state index contributed by atoms with van der Waals surface area (Å²) in [5, 5.41) is 4.55. The highest BCUT2D eigenvalue weighted by atomic mass is 35.5. The summed E-state index contributed by atoms with van der Waals surface area (Å²) < 4.78 is 12.8. The van der Waals surface area contributed by atoms with Crippen molar-refractivity contribution in [3.63, 3.8) is 0 Å². The van der Waals surface area contributed by atoms with Crippen LogP contribution in [-0.2, 0) is 0 Å². The zero-order valence-corrected chi connectivity index (χ0v) is 11.5. The maximum Gasteiger partial charge on any atom is 0.271 e. The van der Waals surface area contributed by atoms with Crippen LogP contribution in [-0.4, -0.2) is 11.6 Å². The molecule has 0 unspecified atom stereocenters. The van der Waals surface area contributed by atoms with E-state index in [-0.39, 0.29) is 0 Å². The van der Waals surface area contributed by atoms with E-state index in [4.69, 9.17) is 11.6 Å². The summed E-state index contributed by atoms with van der Waals surface area (Å²) in [6, 6.07) is 12.4. The van der Waals surface area contributed by atoms with E-state index in [1.165, 1.54) is 24.3 Å². The number of amides is 1. The Bertz CT molecular complexity index is 653. The van der Waals surface area contributed by atoms with Crippen molar-refractivity contribution in [3.05, 3.63) is 70.5 Å². The molecule has 0 aromatic heterocycles. The van der Waals surface area contributed by atoms with Crippen molar-refractivity contribution in [3.8, 4) is 0 Å². The predicted octanol–water partition coefficient (Wildman–Crippen LogP) is 3.63. The SMILES string of the molecule is C/C(=N\NC(=O)c1ccc(F)cc1)c1ccccc1Cl. The second-order valence-electron chi connectivity index (χ2n) is 4.12. The average Bonchev–Trinajstić information content (AvgIpc) is 2.45. The number of rotatable bonds is 3. The summed E-state index contributed by atoms with van der Waals surface area (Å²) in [4.78, 5) is 11.8. The van der Waals surface area contributed by atoms with Gasteiger partial charge < -0.3 is 0 Å². The molecule has 5 heteroatoms. The molecular weight excluding hydrogens is 279 g/mol. The zero-order chi connectivity index (χ0) is 14.5. The number of halogens is 2. The zero-order valence-electron chi connectivity index (χ0n) is 10.7. The molecule has 3 nitrogen and oxygen atoms in total. The van der Waals surface area contributed by atoms with Gasteiger partial charge in [-0.2, -0.15) is 5.10 Å². The van der Waals surface area contributed by atoms with Gasteiger partial charge in [-0.3, -0.25) is 4.79 Å². The lowest BCUT2D eigenvalue weighted by Crippen LogP contribution is -2.19. The maximum atomic E-state index is 12.8. The van der Waals surface area contributed by atoms with Gasteiger partial charge >= 0.3 is 0 Å². The van der Waals surface area contributed by atoms with E-state index in [2.05, 4.69) is 10.5 Å². The summed E-state index contributed by atoms with van der Waals surface area (Å²) >= 11 is 6.03. The lowest BCUT2D eigenvalue weighted by atomic mass is 10.1. The molecule has 0 bridgehead atoms. The van der Waals surface area contributed by atoms with Crippen LogP contribution in [0, 0.1) is 5.82 Å². The van der Waals surface area contributed by atoms with Crippen molar-refractivity contribution in [1.82, 2.24) is 5.43 Å². The van der Waals surface area contributed by atoms with Gasteiger partial charge in [-0.15, -0.1) is 0 Å². The fraction of sp³-hybridized carbons (Fsp3) is 0.0667. The molecule has 2 rings (SSSR count). The van der Waals surface area contributed by atoms with Crippen LogP contribution in [0.4, 0.5) is 4.39 Å². The fourth-order valence-corrected chi connectivity index (χ4v) is 1.89. The highest BCUT2D eigenvalue weighted by Gasteiger charge is 2.06. The summed E-state index contributed by atoms with van der Waals surface area (Å²) in [6.07, 6.45) is 0. The van der Waals surface area contributed by atoms with E-state index < -0.39 is 11.7 Å². The quantitative estimate of drug-likeness (QED) is 0.680. The molecule has 0 heterocycles. The standard InChI is InChI=1S/C15H12ClFN2O/c1-10(13-4-2-3-5-14(13)16)18-19-15(20)11-6-8-12(17)9-7-11/h2-9H,1H3,(H,19,20)/b18-10+. The monoisotopic (exact) mass is 290 g/mol. The van der Waals surface area contributed by atoms with Crippen molar-refractivity contribution in [2.24, 2.45) is 5.10 Å². The van der Waals surface area contributed by atoms with Gasteiger partial charge in [0.2, 0.25) is 0 Å². The van der Waals surface area contributed by atoms with Gasteiger partial charge in [0.1, 0.15) is 5.82 Å². The summed E-state index contributed by atoms with van der Waals surface area (Å²) in [7, 11) is 0. The number of hydrogen-bond acceptors (Lipinski definition) is 2. The van der Waals surface area contributed by atoms with Crippen molar-refractivity contribution in [2.75, 3.05) is 0 Å². The first-order valence-corrected chi connectivity index (χ1v) is 6.31. The molecule has 0 aliphatic heterocycles. The number of hydrogen-bond donors (Lipinski definition) is 1. The van der Waals surface area contributed by atoms with Crippen LogP contribution in [0.15, 0.2) is 53.6 Å². The Morgan fingerprint density at radius 1 is 1.15 bits per heavy atom. The first kappa shape index (κ1) is 14.2. The molecule has 2 aromatic carbocycles. The van der Waals surface area contributed by atoms with Crippen LogP contribution >= 0.6 is 11.6 Å². The van der Waals surface area contributed by atoms with E-state index in [9.17, 15) is 9.18 Å². The molecule has 0 fully saturated rings. The summed E-state index contributed by atoms with van der Waals surface area (Å²) in [5.41, 5.74) is 4.08. The minimum Gasteiger partial charge on any atom is -0.267 e. The number of carbonyl (C=O) groups excluding carboxylic acids is 1. The van der Waals surface area contributed by atoms with Gasteiger partial charge in [0.15, 0.2) is 0 Å². The van der Waals surface area contributed by atoms with Crippen molar-refractivity contribution < 1.29 is 9.18 Å². The van der Waals surface area contributed by atoms with E-state index in [1.807, 2.05) is 18.2 Å². The minimum atomic E-state index is -0.406. The van der Waals surface area contributed by atoms with Crippen LogP contribution < -0.4 is 5.43 Å². The molecule has 0 atom stereocenters. The van der Waals surface area contributed by atoms with Gasteiger partial charge in [-0.25, -0.2) is 9.82 Å². The predicted molar refractivity (Wildman–Crippen MR) is 77.5 cm³/mol. The lowest BCUT2D eigenvalue weighted by molar-refractivity contribution is 0.0955. The van der Waals surface area contributed by atoms with Crippen LogP contribution in [0.25, 0.3) is 0 Å². The first-order chi connectivity index (χ1) is 9.58. The molecule has 0 radical (unpaired) electrons. The Hall–Kier alpha value is -2.20. The van der Waals surface area contributed by atoms with E-state index in [0.29, 0.717) is 16.3 Å². The lowest BCUT2D eigenvalue weighted by Gasteiger charge is -2.04. The van der Waals surface area contributed by atoms with Crippen LogP contribution in [0.2, 0.25) is 5.02 Å². The molecule has 0 spiro atoms. The van der Waals surface area contributed by atoms with Crippen molar-refractivity contribution in [1.29, 1.82) is 0 Å². The average molecular weight is 291 g/mol. The summed E-state index contributed by atoms with van der Waals surface area (Å²) in [6.45, 7) is 1.74. The minimum absolute atomic E-state index is 0.335. The molecule has 0 saturated heterocycles. The largest absolute Gasteiger partial charge is 0.271 e. The third-order valence-corrected chi connectivity index (χ3v) is 3.02. The fourth-order valence-electron chi connectivity index (χ4n) is 1.62. The van der Waals surface area contributed by atoms with Gasteiger partial charge in [0.25, 0.3) is 5.91 Å². The first-order valence-electron chi connectivity index (χ1n) is 5.93. The molecule has 102 valence electrons. The van der Waals surface area contributed by atoms with Crippen molar-refractivity contribution >= 4 is 23.2 Å². The third kappa shape index (κ3) is 3.42. The van der Waals surface area contributed by atoms with Crippen LogP contribution in [0.3, 0.4) is 0 Å². The highest BCUT2D eigenvalue weighted by molar-refractivity contribution is 6.34. The Morgan fingerprint density at radius 2 is 1.80 bits per heavy atom. The van der Waals surface area contributed by atoms with Crippen LogP contribution in [0.1, 0.15) is 22.8 Å². The smallest absolute Gasteiger partial charge is 0.267 e. The molecule has 0 aliphatic carbocycles. The third-order valence-electron chi connectivity index (χ3n) is 2.70. The van der Waals surface area contributed by atoms with E-state index in [1.54, 1.807) is 13.0 Å². The van der Waals surface area contributed by atoms with Gasteiger partial charge in [-0.05, 0) is 37.3 Å².